The van der Waals surface area contributed by atoms with Crippen molar-refractivity contribution >= 4 is 12.0 Å². The Morgan fingerprint density at radius 2 is 1.13 bits per heavy atom. The molecule has 19 nitrogen and oxygen atoms in total. The molecule has 0 saturated carbocycles. The number of hydrogen-bond acceptors (Lipinski definition) is 18. The number of rotatable bonds is 11. The smallest absolute Gasteiger partial charge is 0.328 e. The summed E-state index contributed by atoms with van der Waals surface area (Å²) in [6.45, 7) is -1.99. The van der Waals surface area contributed by atoms with Gasteiger partial charge in [-0.05, 0) is 23.8 Å². The lowest BCUT2D eigenvalue weighted by atomic mass is 9.98. The third kappa shape index (κ3) is 8.10. The summed E-state index contributed by atoms with van der Waals surface area (Å²) in [5, 5.41) is 121. The minimum absolute atomic E-state index is 0.231. The van der Waals surface area contributed by atoms with Crippen LogP contribution < -0.4 is 4.74 Å². The highest BCUT2D eigenvalue weighted by atomic mass is 16.7. The third-order valence-corrected chi connectivity index (χ3v) is 7.68. The quantitative estimate of drug-likeness (QED) is 0.0979. The van der Waals surface area contributed by atoms with Crippen molar-refractivity contribution in [2.24, 2.45) is 0 Å². The minimum atomic E-state index is -1.86. The Bertz CT molecular complexity index is 1180. The zero-order valence-electron chi connectivity index (χ0n) is 23.9. The molecule has 4 rings (SSSR count). The Morgan fingerprint density at radius 3 is 1.61 bits per heavy atom. The monoisotopic (exact) mass is 666 g/mol. The van der Waals surface area contributed by atoms with Crippen molar-refractivity contribution in [3.8, 4) is 11.5 Å². The number of ether oxygens (including phenoxy) is 6. The summed E-state index contributed by atoms with van der Waals surface area (Å²) in [5.74, 6) is -1.92. The maximum Gasteiger partial charge on any atom is 0.328 e. The van der Waals surface area contributed by atoms with Gasteiger partial charge >= 0.3 is 5.97 Å². The number of aliphatic hydroxyl groups excluding tert-OH is 10. The molecule has 1 aromatic rings. The maximum atomic E-state index is 10.7. The van der Waals surface area contributed by atoms with Crippen LogP contribution in [0.15, 0.2) is 24.3 Å². The summed E-state index contributed by atoms with van der Waals surface area (Å²) < 4.78 is 32.6. The van der Waals surface area contributed by atoms with Crippen LogP contribution in [0.4, 0.5) is 0 Å². The highest BCUT2D eigenvalue weighted by Gasteiger charge is 2.49. The zero-order chi connectivity index (χ0) is 33.9. The molecular weight excluding hydrogens is 628 g/mol. The summed E-state index contributed by atoms with van der Waals surface area (Å²) in [7, 11) is 0. The number of carboxylic acids is 1. The molecule has 46 heavy (non-hydrogen) atoms. The number of hydrogen-bond donors (Lipinski definition) is 12. The van der Waals surface area contributed by atoms with E-state index in [4.69, 9.17) is 33.5 Å². The lowest BCUT2D eigenvalue weighted by Crippen LogP contribution is -2.63. The second-order valence-electron chi connectivity index (χ2n) is 10.9. The molecule has 19 heteroatoms. The topological polar surface area (TPSA) is 315 Å². The lowest BCUT2D eigenvalue weighted by Gasteiger charge is -2.43. The Morgan fingerprint density at radius 1 is 0.674 bits per heavy atom. The van der Waals surface area contributed by atoms with Crippen LogP contribution in [0.2, 0.25) is 0 Å². The number of carbonyl (C=O) groups is 1. The molecule has 3 fully saturated rings. The number of aliphatic hydroxyl groups is 10. The van der Waals surface area contributed by atoms with Gasteiger partial charge in [0.25, 0.3) is 0 Å². The largest absolute Gasteiger partial charge is 0.504 e. The fourth-order valence-electron chi connectivity index (χ4n) is 4.96. The summed E-state index contributed by atoms with van der Waals surface area (Å²) in [6, 6.07) is 3.78. The van der Waals surface area contributed by atoms with Gasteiger partial charge in [-0.2, -0.15) is 0 Å². The first-order valence-corrected chi connectivity index (χ1v) is 14.1. The predicted octanol–water partition coefficient (Wildman–Crippen LogP) is -5.68. The van der Waals surface area contributed by atoms with Gasteiger partial charge in [0.2, 0.25) is 6.29 Å². The molecule has 3 saturated heterocycles. The van der Waals surface area contributed by atoms with Crippen molar-refractivity contribution in [1.82, 2.24) is 0 Å². The van der Waals surface area contributed by atoms with Crippen LogP contribution in [0.5, 0.6) is 11.5 Å². The number of aromatic hydroxyl groups is 1. The SMILES string of the molecule is O=C(O)/C=C/c1ccc(O[C@@H]2O[C@H](CO[C@@H]3O[C@H](CO[C@@H]4O[C@H](CO)[C@@H](O)[C@H](O)[C@H]4O)[C@@H](O)[C@H](O)[C@H]3O)[C@@H](O)[C@H](O)[C@H]2O)c(O)c1. The van der Waals surface area contributed by atoms with Crippen LogP contribution in [-0.2, 0) is 28.5 Å². The highest BCUT2D eigenvalue weighted by molar-refractivity contribution is 5.85. The highest BCUT2D eigenvalue weighted by Crippen LogP contribution is 2.32. The third-order valence-electron chi connectivity index (χ3n) is 7.68. The van der Waals surface area contributed by atoms with E-state index in [0.29, 0.717) is 5.56 Å². The Labute approximate surface area is 260 Å². The average molecular weight is 667 g/mol. The van der Waals surface area contributed by atoms with Gasteiger partial charge in [-0.1, -0.05) is 6.07 Å². The molecule has 15 atom stereocenters. The van der Waals surface area contributed by atoms with E-state index >= 15 is 0 Å². The van der Waals surface area contributed by atoms with E-state index in [1.807, 2.05) is 0 Å². The van der Waals surface area contributed by atoms with Gasteiger partial charge in [0.15, 0.2) is 24.1 Å². The molecule has 12 N–H and O–H groups in total. The molecule has 0 amide bonds. The van der Waals surface area contributed by atoms with Gasteiger partial charge in [0.05, 0.1) is 19.8 Å². The van der Waals surface area contributed by atoms with E-state index in [9.17, 15) is 61.0 Å². The molecular formula is C27H38O19. The van der Waals surface area contributed by atoms with E-state index in [0.717, 1.165) is 12.1 Å². The van der Waals surface area contributed by atoms with E-state index < -0.39 is 124 Å². The van der Waals surface area contributed by atoms with Crippen molar-refractivity contribution < 1.29 is 94.5 Å². The number of aliphatic carboxylic acids is 1. The van der Waals surface area contributed by atoms with Crippen molar-refractivity contribution in [3.63, 3.8) is 0 Å². The fraction of sp³-hybridized carbons (Fsp3) is 0.667. The van der Waals surface area contributed by atoms with Crippen molar-refractivity contribution in [2.45, 2.75) is 92.1 Å². The van der Waals surface area contributed by atoms with E-state index in [-0.39, 0.29) is 5.75 Å². The normalized spacial score (nSPS) is 41.8. The van der Waals surface area contributed by atoms with Crippen molar-refractivity contribution in [3.05, 3.63) is 29.8 Å². The number of benzene rings is 1. The van der Waals surface area contributed by atoms with Gasteiger partial charge in [-0.3, -0.25) is 0 Å². The van der Waals surface area contributed by atoms with Gasteiger partial charge in [-0.25, -0.2) is 4.79 Å². The van der Waals surface area contributed by atoms with Crippen molar-refractivity contribution in [2.75, 3.05) is 19.8 Å². The minimum Gasteiger partial charge on any atom is -0.504 e. The Kier molecular flexibility index (Phi) is 12.3. The van der Waals surface area contributed by atoms with Crippen LogP contribution in [0, 0.1) is 0 Å². The van der Waals surface area contributed by atoms with E-state index in [2.05, 4.69) is 0 Å². The molecule has 260 valence electrons. The molecule has 1 aromatic carbocycles. The van der Waals surface area contributed by atoms with E-state index in [1.165, 1.54) is 18.2 Å². The van der Waals surface area contributed by atoms with Crippen LogP contribution in [0.1, 0.15) is 5.56 Å². The zero-order valence-corrected chi connectivity index (χ0v) is 23.9. The van der Waals surface area contributed by atoms with Gasteiger partial charge in [0, 0.05) is 6.08 Å². The van der Waals surface area contributed by atoms with Crippen LogP contribution in [-0.4, -0.2) is 179 Å². The molecule has 0 bridgehead atoms. The summed E-state index contributed by atoms with van der Waals surface area (Å²) in [6.07, 6.45) is -23.2. The first-order valence-electron chi connectivity index (χ1n) is 14.1. The average Bonchev–Trinajstić information content (AvgIpc) is 3.03. The summed E-state index contributed by atoms with van der Waals surface area (Å²) >= 11 is 0. The first kappa shape index (κ1) is 36.3. The van der Waals surface area contributed by atoms with Gasteiger partial charge < -0.3 is 89.7 Å². The Balaban J connectivity index is 1.37. The van der Waals surface area contributed by atoms with Gasteiger partial charge in [0.1, 0.15) is 73.2 Å². The standard InChI is InChI=1S/C27H38O19/c28-6-12-16(32)19(35)22(38)25(44-12)41-7-13-17(33)20(36)23(39)26(45-13)42-8-14-18(34)21(37)24(40)27(46-14)43-11-3-1-9(5-10(11)29)2-4-15(30)31/h1-5,12-14,16-29,32-40H,6-8H2,(H,30,31)/b4-2+/t12-,13-,14-,16-,17-,18-,19+,20+,21+,22-,23-,24-,25-,26-,27-/m1/s1. The van der Waals surface area contributed by atoms with E-state index in [1.54, 1.807) is 0 Å². The number of phenolic OH excluding ortho intramolecular Hbond substituents is 1. The summed E-state index contributed by atoms with van der Waals surface area (Å²) in [5.41, 5.74) is 0.300. The second-order valence-corrected chi connectivity index (χ2v) is 10.9. The summed E-state index contributed by atoms with van der Waals surface area (Å²) in [4.78, 5) is 10.7. The molecule has 0 aliphatic carbocycles. The molecule has 3 heterocycles. The predicted molar refractivity (Wildman–Crippen MR) is 144 cm³/mol. The Hall–Kier alpha value is -2.57. The lowest BCUT2D eigenvalue weighted by molar-refractivity contribution is -0.339. The number of carboxylic acid groups (broad SMARTS) is 1. The van der Waals surface area contributed by atoms with Crippen molar-refractivity contribution in [1.29, 1.82) is 0 Å². The molecule has 3 aliphatic rings. The fourth-order valence-corrected chi connectivity index (χ4v) is 4.96. The van der Waals surface area contributed by atoms with Gasteiger partial charge in [-0.15, -0.1) is 0 Å². The molecule has 0 unspecified atom stereocenters. The first-order chi connectivity index (χ1) is 21.7. The van der Waals surface area contributed by atoms with Crippen LogP contribution in [0.3, 0.4) is 0 Å². The molecule has 0 aromatic heterocycles. The number of phenols is 1. The second kappa shape index (κ2) is 15.6. The van der Waals surface area contributed by atoms with Crippen LogP contribution >= 0.6 is 0 Å². The molecule has 3 aliphatic heterocycles. The molecule has 0 radical (unpaired) electrons. The maximum absolute atomic E-state index is 10.7. The molecule has 0 spiro atoms. The van der Waals surface area contributed by atoms with Crippen LogP contribution in [0.25, 0.3) is 6.08 Å².